The van der Waals surface area contributed by atoms with Crippen molar-refractivity contribution in [1.82, 2.24) is 10.3 Å². The average Bonchev–Trinajstić information content (AvgIpc) is 2.52. The Bertz CT molecular complexity index is 661. The van der Waals surface area contributed by atoms with Crippen molar-refractivity contribution in [3.05, 3.63) is 58.9 Å². The van der Waals surface area contributed by atoms with Gasteiger partial charge in [-0.1, -0.05) is 12.1 Å². The molecule has 108 valence electrons. The molecule has 0 saturated heterocycles. The first-order valence-electron chi connectivity index (χ1n) is 6.89. The van der Waals surface area contributed by atoms with Gasteiger partial charge in [0, 0.05) is 17.8 Å². The van der Waals surface area contributed by atoms with Crippen LogP contribution in [0, 0.1) is 18.3 Å². The lowest BCUT2D eigenvalue weighted by atomic mass is 10.1. The maximum absolute atomic E-state index is 8.87. The molecule has 21 heavy (non-hydrogen) atoms. The van der Waals surface area contributed by atoms with Crippen molar-refractivity contribution in [1.29, 1.82) is 5.26 Å². The van der Waals surface area contributed by atoms with Gasteiger partial charge in [0.2, 0.25) is 0 Å². The van der Waals surface area contributed by atoms with E-state index in [1.165, 1.54) is 0 Å². The zero-order valence-corrected chi connectivity index (χ0v) is 12.6. The molecule has 4 heteroatoms. The second-order valence-electron chi connectivity index (χ2n) is 5.00. The summed E-state index contributed by atoms with van der Waals surface area (Å²) in [5.41, 5.74) is 3.62. The van der Waals surface area contributed by atoms with Crippen LogP contribution in [0.2, 0.25) is 0 Å². The van der Waals surface area contributed by atoms with E-state index < -0.39 is 0 Å². The number of hydrogen-bond acceptors (Lipinski definition) is 4. The Balaban J connectivity index is 2.19. The molecule has 0 amide bonds. The van der Waals surface area contributed by atoms with Crippen LogP contribution in [0.3, 0.4) is 0 Å². The number of nitrogens with zero attached hydrogens (tertiary/aromatic N) is 2. The summed E-state index contributed by atoms with van der Waals surface area (Å²) in [6.07, 6.45) is 1.63. The molecule has 1 aromatic heterocycles. The summed E-state index contributed by atoms with van der Waals surface area (Å²) in [5.74, 6) is 0.868. The highest BCUT2D eigenvalue weighted by molar-refractivity contribution is 5.39. The lowest BCUT2D eigenvalue weighted by Crippen LogP contribution is -2.14. The van der Waals surface area contributed by atoms with Crippen LogP contribution in [0.5, 0.6) is 5.75 Å². The summed E-state index contributed by atoms with van der Waals surface area (Å²) in [6.45, 7) is 4.56. The van der Waals surface area contributed by atoms with E-state index in [0.717, 1.165) is 22.4 Å². The fourth-order valence-electron chi connectivity index (χ4n) is 2.07. The van der Waals surface area contributed by atoms with E-state index >= 15 is 0 Å². The third-order valence-corrected chi connectivity index (χ3v) is 3.40. The largest absolute Gasteiger partial charge is 0.489 e. The summed E-state index contributed by atoms with van der Waals surface area (Å²) in [6, 6.07) is 12.1. The number of ether oxygens (including phenoxy) is 1. The first-order valence-corrected chi connectivity index (χ1v) is 6.89. The predicted octanol–water partition coefficient (Wildman–Crippen LogP) is 3.12. The van der Waals surface area contributed by atoms with E-state index in [9.17, 15) is 0 Å². The van der Waals surface area contributed by atoms with Crippen molar-refractivity contribution in [2.45, 2.75) is 26.5 Å². The van der Waals surface area contributed by atoms with Crippen molar-refractivity contribution >= 4 is 0 Å². The van der Waals surface area contributed by atoms with Gasteiger partial charge in [-0.05, 0) is 50.2 Å². The van der Waals surface area contributed by atoms with Gasteiger partial charge in [0.15, 0.2) is 0 Å². The van der Waals surface area contributed by atoms with Crippen molar-refractivity contribution in [3.8, 4) is 11.8 Å². The van der Waals surface area contributed by atoms with Crippen LogP contribution in [0.4, 0.5) is 0 Å². The Hall–Kier alpha value is -2.38. The minimum atomic E-state index is 0.215. The fourth-order valence-corrected chi connectivity index (χ4v) is 2.07. The molecule has 1 aromatic carbocycles. The summed E-state index contributed by atoms with van der Waals surface area (Å²) in [7, 11) is 1.93. The van der Waals surface area contributed by atoms with E-state index in [1.807, 2.05) is 32.2 Å². The maximum Gasteiger partial charge on any atom is 0.140 e. The third kappa shape index (κ3) is 3.80. The highest BCUT2D eigenvalue weighted by Crippen LogP contribution is 2.27. The zero-order valence-electron chi connectivity index (χ0n) is 12.6. The molecule has 1 heterocycles. The second-order valence-corrected chi connectivity index (χ2v) is 5.00. The molecule has 1 unspecified atom stereocenters. The average molecular weight is 281 g/mol. The van der Waals surface area contributed by atoms with E-state index in [-0.39, 0.29) is 6.04 Å². The van der Waals surface area contributed by atoms with Crippen molar-refractivity contribution in [2.24, 2.45) is 0 Å². The molecule has 0 spiro atoms. The maximum atomic E-state index is 8.87. The monoisotopic (exact) mass is 281 g/mol. The normalized spacial score (nSPS) is 11.7. The second kappa shape index (κ2) is 6.87. The van der Waals surface area contributed by atoms with Gasteiger partial charge in [-0.15, -0.1) is 0 Å². The summed E-state index contributed by atoms with van der Waals surface area (Å²) in [4.78, 5) is 3.96. The first-order chi connectivity index (χ1) is 10.1. The molecule has 4 nitrogen and oxygen atoms in total. The molecule has 0 aliphatic carbocycles. The number of hydrogen-bond donors (Lipinski definition) is 1. The molecule has 2 rings (SSSR count). The topological polar surface area (TPSA) is 57.9 Å². The van der Waals surface area contributed by atoms with Crippen LogP contribution in [-0.2, 0) is 6.61 Å². The standard InChI is InChI=1S/C17H19N3O/c1-12-4-5-16(13(2)19-3)17(8-12)21-11-14-6-7-20-15(9-14)10-18/h4-9,13,19H,11H2,1-3H3. The van der Waals surface area contributed by atoms with Gasteiger partial charge in [-0.3, -0.25) is 0 Å². The number of nitriles is 1. The van der Waals surface area contributed by atoms with E-state index in [1.54, 1.807) is 12.3 Å². The van der Waals surface area contributed by atoms with Crippen LogP contribution in [0.15, 0.2) is 36.5 Å². The molecule has 0 saturated carbocycles. The molecular formula is C17H19N3O. The zero-order chi connectivity index (χ0) is 15.2. The molecular weight excluding hydrogens is 262 g/mol. The number of rotatable bonds is 5. The highest BCUT2D eigenvalue weighted by atomic mass is 16.5. The molecule has 1 N–H and O–H groups in total. The Morgan fingerprint density at radius 3 is 2.86 bits per heavy atom. The number of aromatic nitrogens is 1. The van der Waals surface area contributed by atoms with E-state index in [0.29, 0.717) is 12.3 Å². The van der Waals surface area contributed by atoms with E-state index in [2.05, 4.69) is 29.4 Å². The third-order valence-electron chi connectivity index (χ3n) is 3.40. The predicted molar refractivity (Wildman–Crippen MR) is 81.9 cm³/mol. The number of pyridine rings is 1. The highest BCUT2D eigenvalue weighted by Gasteiger charge is 2.10. The quantitative estimate of drug-likeness (QED) is 0.914. The first kappa shape index (κ1) is 15.0. The smallest absolute Gasteiger partial charge is 0.140 e. The SMILES string of the molecule is CNC(C)c1ccc(C)cc1OCc1ccnc(C#N)c1. The van der Waals surface area contributed by atoms with Crippen molar-refractivity contribution in [3.63, 3.8) is 0 Å². The Morgan fingerprint density at radius 2 is 2.14 bits per heavy atom. The number of aryl methyl sites for hydroxylation is 1. The van der Waals surface area contributed by atoms with Gasteiger partial charge in [0.05, 0.1) is 0 Å². The molecule has 2 aromatic rings. The Kier molecular flexibility index (Phi) is 4.91. The fraction of sp³-hybridized carbons (Fsp3) is 0.294. The van der Waals surface area contributed by atoms with Crippen molar-refractivity contribution in [2.75, 3.05) is 7.05 Å². The minimum Gasteiger partial charge on any atom is -0.489 e. The van der Waals surface area contributed by atoms with Crippen LogP contribution < -0.4 is 10.1 Å². The lowest BCUT2D eigenvalue weighted by Gasteiger charge is -2.17. The van der Waals surface area contributed by atoms with Crippen LogP contribution in [0.25, 0.3) is 0 Å². The molecule has 0 bridgehead atoms. The van der Waals surface area contributed by atoms with Gasteiger partial charge in [0.25, 0.3) is 0 Å². The molecule has 0 aliphatic rings. The lowest BCUT2D eigenvalue weighted by molar-refractivity contribution is 0.300. The summed E-state index contributed by atoms with van der Waals surface area (Å²) >= 11 is 0. The van der Waals surface area contributed by atoms with Gasteiger partial charge >= 0.3 is 0 Å². The molecule has 1 atom stereocenters. The van der Waals surface area contributed by atoms with Crippen LogP contribution in [0.1, 0.15) is 35.3 Å². The summed E-state index contributed by atoms with van der Waals surface area (Å²) < 4.78 is 5.95. The number of benzene rings is 1. The Morgan fingerprint density at radius 1 is 1.33 bits per heavy atom. The molecule has 0 aliphatic heterocycles. The van der Waals surface area contributed by atoms with Gasteiger partial charge in [0.1, 0.15) is 24.1 Å². The van der Waals surface area contributed by atoms with Crippen LogP contribution in [-0.4, -0.2) is 12.0 Å². The molecule has 0 fully saturated rings. The van der Waals surface area contributed by atoms with E-state index in [4.69, 9.17) is 10.00 Å². The summed E-state index contributed by atoms with van der Waals surface area (Å²) in [5, 5.41) is 12.1. The van der Waals surface area contributed by atoms with Crippen molar-refractivity contribution < 1.29 is 4.74 Å². The Labute approximate surface area is 125 Å². The van der Waals surface area contributed by atoms with Gasteiger partial charge < -0.3 is 10.1 Å². The minimum absolute atomic E-state index is 0.215. The van der Waals surface area contributed by atoms with Gasteiger partial charge in [-0.2, -0.15) is 5.26 Å². The number of nitrogens with one attached hydrogen (secondary N) is 1. The van der Waals surface area contributed by atoms with Crippen LogP contribution >= 0.6 is 0 Å². The van der Waals surface area contributed by atoms with Gasteiger partial charge in [-0.25, -0.2) is 4.98 Å². The molecule has 0 radical (unpaired) electrons.